The monoisotopic (exact) mass is 443 g/mol. The molecule has 0 saturated heterocycles. The zero-order valence-corrected chi connectivity index (χ0v) is 17.5. The molecular formula is C24H17N3O4S. The summed E-state index contributed by atoms with van der Waals surface area (Å²) >= 11 is 1.49. The number of furan rings is 2. The Morgan fingerprint density at radius 3 is 2.59 bits per heavy atom. The van der Waals surface area contributed by atoms with E-state index in [1.807, 2.05) is 24.3 Å². The fourth-order valence-electron chi connectivity index (χ4n) is 3.20. The first-order valence-electron chi connectivity index (χ1n) is 9.84. The van der Waals surface area contributed by atoms with Crippen molar-refractivity contribution in [3.8, 4) is 10.8 Å². The second kappa shape index (κ2) is 8.52. The van der Waals surface area contributed by atoms with Crippen molar-refractivity contribution in [3.63, 3.8) is 0 Å². The van der Waals surface area contributed by atoms with Crippen molar-refractivity contribution < 1.29 is 18.4 Å². The van der Waals surface area contributed by atoms with Crippen LogP contribution < -0.4 is 10.6 Å². The first-order chi connectivity index (χ1) is 15.7. The number of fused-ring (bicyclic) bond motifs is 1. The molecule has 0 spiro atoms. The minimum Gasteiger partial charge on any atom is -0.467 e. The molecule has 3 aromatic heterocycles. The van der Waals surface area contributed by atoms with Crippen molar-refractivity contribution >= 4 is 39.1 Å². The van der Waals surface area contributed by atoms with Crippen LogP contribution in [0.5, 0.6) is 0 Å². The molecule has 8 heteroatoms. The highest BCUT2D eigenvalue weighted by Gasteiger charge is 2.18. The number of thiazole rings is 1. The van der Waals surface area contributed by atoms with E-state index in [4.69, 9.17) is 8.83 Å². The molecule has 32 heavy (non-hydrogen) atoms. The molecule has 0 fully saturated rings. The van der Waals surface area contributed by atoms with E-state index in [1.165, 1.54) is 11.3 Å². The molecule has 0 aliphatic carbocycles. The number of amides is 2. The average Bonchev–Trinajstić information content (AvgIpc) is 3.58. The van der Waals surface area contributed by atoms with E-state index in [0.717, 1.165) is 10.2 Å². The maximum atomic E-state index is 12.8. The molecule has 5 aromatic rings. The zero-order valence-electron chi connectivity index (χ0n) is 16.7. The van der Waals surface area contributed by atoms with Crippen LogP contribution in [0.2, 0.25) is 0 Å². The van der Waals surface area contributed by atoms with Crippen LogP contribution in [0.1, 0.15) is 26.7 Å². The van der Waals surface area contributed by atoms with Gasteiger partial charge < -0.3 is 19.5 Å². The SMILES string of the molecule is O=C(Nc1ccccc1C(=O)NCc1ccco1)c1ccc(-c2nc3ccccc3s2)o1. The molecule has 7 nitrogen and oxygen atoms in total. The van der Waals surface area contributed by atoms with Gasteiger partial charge in [-0.05, 0) is 48.5 Å². The molecule has 0 aliphatic heterocycles. The second-order valence-electron chi connectivity index (χ2n) is 6.91. The topological polar surface area (TPSA) is 97.4 Å². The van der Waals surface area contributed by atoms with Crippen molar-refractivity contribution in [2.24, 2.45) is 0 Å². The number of hydrogen-bond acceptors (Lipinski definition) is 6. The molecule has 158 valence electrons. The highest BCUT2D eigenvalue weighted by atomic mass is 32.1. The Morgan fingerprint density at radius 2 is 1.75 bits per heavy atom. The quantitative estimate of drug-likeness (QED) is 0.370. The van der Waals surface area contributed by atoms with Crippen molar-refractivity contribution in [3.05, 3.63) is 96.1 Å². The highest BCUT2D eigenvalue weighted by Crippen LogP contribution is 2.31. The van der Waals surface area contributed by atoms with Gasteiger partial charge in [0.05, 0.1) is 34.3 Å². The van der Waals surface area contributed by atoms with Gasteiger partial charge in [-0.25, -0.2) is 4.98 Å². The first-order valence-corrected chi connectivity index (χ1v) is 10.7. The number of carbonyl (C=O) groups excluding carboxylic acids is 2. The maximum Gasteiger partial charge on any atom is 0.291 e. The highest BCUT2D eigenvalue weighted by molar-refractivity contribution is 7.21. The predicted molar refractivity (Wildman–Crippen MR) is 122 cm³/mol. The summed E-state index contributed by atoms with van der Waals surface area (Å²) in [5.41, 5.74) is 1.60. The van der Waals surface area contributed by atoms with Gasteiger partial charge in [-0.1, -0.05) is 24.3 Å². The number of benzene rings is 2. The van der Waals surface area contributed by atoms with Gasteiger partial charge in [0.25, 0.3) is 11.8 Å². The van der Waals surface area contributed by atoms with Crippen LogP contribution in [0.3, 0.4) is 0 Å². The van der Waals surface area contributed by atoms with Gasteiger partial charge in [-0.3, -0.25) is 9.59 Å². The van der Waals surface area contributed by atoms with Crippen LogP contribution in [-0.2, 0) is 6.54 Å². The van der Waals surface area contributed by atoms with Gasteiger partial charge in [-0.2, -0.15) is 0 Å². The molecule has 0 aliphatic rings. The van der Waals surface area contributed by atoms with Gasteiger partial charge in [0.1, 0.15) is 5.76 Å². The summed E-state index contributed by atoms with van der Waals surface area (Å²) in [6, 6.07) is 21.4. The fourth-order valence-corrected chi connectivity index (χ4v) is 4.13. The molecule has 2 amide bonds. The minimum absolute atomic E-state index is 0.130. The number of rotatable bonds is 6. The Hall–Kier alpha value is -4.17. The third-order valence-electron chi connectivity index (χ3n) is 4.76. The van der Waals surface area contributed by atoms with Gasteiger partial charge >= 0.3 is 0 Å². The lowest BCUT2D eigenvalue weighted by molar-refractivity contribution is 0.0949. The van der Waals surface area contributed by atoms with E-state index in [2.05, 4.69) is 15.6 Å². The Balaban J connectivity index is 1.32. The Bertz CT molecular complexity index is 1370. The predicted octanol–water partition coefficient (Wildman–Crippen LogP) is 5.33. The van der Waals surface area contributed by atoms with Crippen LogP contribution in [0.15, 0.2) is 87.9 Å². The van der Waals surface area contributed by atoms with Crippen LogP contribution in [0.25, 0.3) is 21.0 Å². The number of nitrogens with zero attached hydrogens (tertiary/aromatic N) is 1. The van der Waals surface area contributed by atoms with Crippen molar-refractivity contribution in [1.82, 2.24) is 10.3 Å². The van der Waals surface area contributed by atoms with Gasteiger partial charge in [0.2, 0.25) is 0 Å². The molecule has 0 atom stereocenters. The summed E-state index contributed by atoms with van der Waals surface area (Å²) in [6.45, 7) is 0.248. The summed E-state index contributed by atoms with van der Waals surface area (Å²) in [7, 11) is 0. The Labute approximate surface area is 186 Å². The lowest BCUT2D eigenvalue weighted by Gasteiger charge is -2.10. The number of hydrogen-bond donors (Lipinski definition) is 2. The Morgan fingerprint density at radius 1 is 0.906 bits per heavy atom. The normalized spacial score (nSPS) is 10.9. The van der Waals surface area contributed by atoms with Crippen LogP contribution >= 0.6 is 11.3 Å². The number of para-hydroxylation sites is 2. The van der Waals surface area contributed by atoms with Gasteiger partial charge in [-0.15, -0.1) is 11.3 Å². The maximum absolute atomic E-state index is 12.8. The summed E-state index contributed by atoms with van der Waals surface area (Å²) in [6.07, 6.45) is 1.54. The van der Waals surface area contributed by atoms with E-state index in [9.17, 15) is 9.59 Å². The van der Waals surface area contributed by atoms with Crippen molar-refractivity contribution in [1.29, 1.82) is 0 Å². The number of nitrogens with one attached hydrogen (secondary N) is 2. The summed E-state index contributed by atoms with van der Waals surface area (Å²) in [5, 5.41) is 6.23. The molecule has 3 heterocycles. The largest absolute Gasteiger partial charge is 0.467 e. The van der Waals surface area contributed by atoms with Gasteiger partial charge in [0.15, 0.2) is 16.5 Å². The number of aromatic nitrogens is 1. The standard InChI is InChI=1S/C24H17N3O4S/c28-22(25-14-15-6-5-13-30-15)16-7-1-2-8-17(16)26-23(29)19-11-12-20(31-19)24-27-18-9-3-4-10-21(18)32-24/h1-13H,14H2,(H,25,28)(H,26,29). The fraction of sp³-hybridized carbons (Fsp3) is 0.0417. The second-order valence-corrected chi connectivity index (χ2v) is 7.94. The van der Waals surface area contributed by atoms with E-state index in [1.54, 1.807) is 54.8 Å². The number of anilines is 1. The Kier molecular flexibility index (Phi) is 5.27. The van der Waals surface area contributed by atoms with Crippen molar-refractivity contribution in [2.45, 2.75) is 6.54 Å². The minimum atomic E-state index is -0.455. The molecule has 0 bridgehead atoms. The molecule has 0 unspecified atom stereocenters. The lowest BCUT2D eigenvalue weighted by atomic mass is 10.1. The average molecular weight is 443 g/mol. The number of carbonyl (C=O) groups is 2. The summed E-state index contributed by atoms with van der Waals surface area (Å²) in [4.78, 5) is 30.0. The van der Waals surface area contributed by atoms with E-state index >= 15 is 0 Å². The summed E-state index contributed by atoms with van der Waals surface area (Å²) < 4.78 is 12.0. The van der Waals surface area contributed by atoms with Crippen LogP contribution in [-0.4, -0.2) is 16.8 Å². The molecule has 0 radical (unpaired) electrons. The van der Waals surface area contributed by atoms with Crippen LogP contribution in [0, 0.1) is 0 Å². The van der Waals surface area contributed by atoms with Crippen molar-refractivity contribution in [2.75, 3.05) is 5.32 Å². The lowest BCUT2D eigenvalue weighted by Crippen LogP contribution is -2.24. The molecule has 0 saturated carbocycles. The van der Waals surface area contributed by atoms with Crippen LogP contribution in [0.4, 0.5) is 5.69 Å². The summed E-state index contributed by atoms with van der Waals surface area (Å²) in [5.74, 6) is 0.499. The molecular weight excluding hydrogens is 426 g/mol. The van der Waals surface area contributed by atoms with E-state index in [0.29, 0.717) is 27.8 Å². The third-order valence-corrected chi connectivity index (χ3v) is 5.81. The van der Waals surface area contributed by atoms with E-state index < -0.39 is 5.91 Å². The van der Waals surface area contributed by atoms with E-state index in [-0.39, 0.29) is 18.2 Å². The third kappa shape index (κ3) is 4.03. The molecule has 5 rings (SSSR count). The smallest absolute Gasteiger partial charge is 0.291 e. The van der Waals surface area contributed by atoms with Gasteiger partial charge in [0, 0.05) is 0 Å². The molecule has 2 N–H and O–H groups in total. The first kappa shape index (κ1) is 19.8. The zero-order chi connectivity index (χ0) is 21.9. The molecule has 2 aromatic carbocycles.